The highest BCUT2D eigenvalue weighted by Gasteiger charge is 2.47. The Bertz CT molecular complexity index is 858. The van der Waals surface area contributed by atoms with Crippen LogP contribution in [0.5, 0.6) is 0 Å². The summed E-state index contributed by atoms with van der Waals surface area (Å²) in [5.74, 6) is 0. The first-order chi connectivity index (χ1) is 12.2. The van der Waals surface area contributed by atoms with E-state index in [2.05, 4.69) is 44.2 Å². The van der Waals surface area contributed by atoms with Crippen molar-refractivity contribution in [2.75, 3.05) is 0 Å². The van der Waals surface area contributed by atoms with Crippen LogP contribution in [0.1, 0.15) is 30.6 Å². The molecule has 5 heterocycles. The lowest BCUT2D eigenvalue weighted by Crippen LogP contribution is -2.52. The van der Waals surface area contributed by atoms with E-state index in [1.54, 1.807) is 0 Å². The number of aromatic nitrogens is 2. The van der Waals surface area contributed by atoms with E-state index < -0.39 is 5.60 Å². The van der Waals surface area contributed by atoms with Crippen LogP contribution < -0.4 is 0 Å². The minimum atomic E-state index is -0.612. The quantitative estimate of drug-likeness (QED) is 0.778. The van der Waals surface area contributed by atoms with Crippen LogP contribution in [0, 0.1) is 0 Å². The second-order valence-corrected chi connectivity index (χ2v) is 8.65. The third-order valence-corrected chi connectivity index (χ3v) is 6.78. The van der Waals surface area contributed by atoms with Gasteiger partial charge in [-0.3, -0.25) is 9.88 Å². The van der Waals surface area contributed by atoms with E-state index in [1.807, 2.05) is 29.7 Å². The summed E-state index contributed by atoms with van der Waals surface area (Å²) in [6, 6.07) is 11.5. The first kappa shape index (κ1) is 15.6. The minimum absolute atomic E-state index is 0.505. The Hall–Kier alpha value is -1.69. The molecule has 2 atom stereocenters. The van der Waals surface area contributed by atoms with Crippen molar-refractivity contribution in [3.05, 3.63) is 53.0 Å². The van der Waals surface area contributed by atoms with Crippen LogP contribution in [-0.2, 0) is 13.1 Å². The number of aliphatic hydroxyl groups is 1. The first-order valence-electron chi connectivity index (χ1n) is 9.11. The maximum Gasteiger partial charge on any atom is 0.0880 e. The van der Waals surface area contributed by atoms with Crippen LogP contribution in [0.4, 0.5) is 0 Å². The van der Waals surface area contributed by atoms with Gasteiger partial charge in [-0.2, -0.15) is 0 Å². The predicted octanol–water partition coefficient (Wildman–Crippen LogP) is 3.66. The van der Waals surface area contributed by atoms with E-state index in [9.17, 15) is 5.11 Å². The maximum atomic E-state index is 11.4. The van der Waals surface area contributed by atoms with Crippen LogP contribution in [-0.4, -0.2) is 37.2 Å². The fourth-order valence-electron chi connectivity index (χ4n) is 4.86. The lowest BCUT2D eigenvalue weighted by atomic mass is 9.85. The molecule has 3 aromatic rings. The molecule has 130 valence electrons. The molecular formula is C20H23N3OS. The van der Waals surface area contributed by atoms with Crippen LogP contribution in [0.2, 0.25) is 0 Å². The Balaban J connectivity index is 1.36. The Kier molecular flexibility index (Phi) is 3.69. The second-order valence-electron chi connectivity index (χ2n) is 7.62. The normalized spacial score (nSPS) is 29.5. The molecule has 3 aromatic heterocycles. The molecule has 4 nitrogen and oxygen atoms in total. The summed E-state index contributed by atoms with van der Waals surface area (Å²) in [6.45, 7) is 1.71. The third-order valence-electron chi connectivity index (χ3n) is 5.92. The van der Waals surface area contributed by atoms with E-state index in [4.69, 9.17) is 0 Å². The molecule has 0 aliphatic carbocycles. The van der Waals surface area contributed by atoms with Gasteiger partial charge in [0.15, 0.2) is 0 Å². The summed E-state index contributed by atoms with van der Waals surface area (Å²) in [6.07, 6.45) is 8.06. The SMILES string of the molecule is OC1(Cn2ccc3ncccc32)CC2CCC(C1)N2Cc1cccs1. The summed E-state index contributed by atoms with van der Waals surface area (Å²) in [4.78, 5) is 8.47. The van der Waals surface area contributed by atoms with Crippen molar-refractivity contribution in [1.29, 1.82) is 0 Å². The van der Waals surface area contributed by atoms with Gasteiger partial charge in [-0.1, -0.05) is 6.07 Å². The third kappa shape index (κ3) is 2.80. The zero-order valence-corrected chi connectivity index (χ0v) is 15.0. The molecule has 2 aliphatic rings. The Morgan fingerprint density at radius 2 is 2.00 bits per heavy atom. The van der Waals surface area contributed by atoms with E-state index in [-0.39, 0.29) is 0 Å². The van der Waals surface area contributed by atoms with Gasteiger partial charge in [0, 0.05) is 35.9 Å². The van der Waals surface area contributed by atoms with Gasteiger partial charge < -0.3 is 9.67 Å². The Morgan fingerprint density at radius 3 is 2.76 bits per heavy atom. The minimum Gasteiger partial charge on any atom is -0.388 e. The van der Waals surface area contributed by atoms with E-state index in [0.29, 0.717) is 18.6 Å². The summed E-state index contributed by atoms with van der Waals surface area (Å²) in [5, 5.41) is 13.5. The van der Waals surface area contributed by atoms with Crippen LogP contribution >= 0.6 is 11.3 Å². The van der Waals surface area contributed by atoms with Crippen molar-refractivity contribution in [2.45, 2.75) is 56.5 Å². The molecule has 0 spiro atoms. The molecule has 0 radical (unpaired) electrons. The standard InChI is InChI=1S/C20H23N3OS/c24-20(14-22-9-7-18-19(22)4-1-8-21-18)11-15-5-6-16(12-20)23(15)13-17-3-2-10-25-17/h1-4,7-10,15-16,24H,5-6,11-14H2. The number of rotatable bonds is 4. The molecule has 2 saturated heterocycles. The van der Waals surface area contributed by atoms with Gasteiger partial charge in [0.1, 0.15) is 0 Å². The number of thiophene rings is 1. The fourth-order valence-corrected chi connectivity index (χ4v) is 5.57. The molecule has 2 aliphatic heterocycles. The molecule has 25 heavy (non-hydrogen) atoms. The van der Waals surface area contributed by atoms with Crippen LogP contribution in [0.3, 0.4) is 0 Å². The van der Waals surface area contributed by atoms with Crippen LogP contribution in [0.25, 0.3) is 11.0 Å². The number of fused-ring (bicyclic) bond motifs is 3. The van der Waals surface area contributed by atoms with Crippen molar-refractivity contribution in [1.82, 2.24) is 14.5 Å². The Labute approximate surface area is 151 Å². The van der Waals surface area contributed by atoms with E-state index in [0.717, 1.165) is 30.4 Å². The van der Waals surface area contributed by atoms with Gasteiger partial charge >= 0.3 is 0 Å². The van der Waals surface area contributed by atoms with Crippen LogP contribution in [0.15, 0.2) is 48.1 Å². The zero-order valence-electron chi connectivity index (χ0n) is 14.2. The molecule has 0 aromatic carbocycles. The summed E-state index contributed by atoms with van der Waals surface area (Å²) in [5.41, 5.74) is 1.51. The first-order valence-corrected chi connectivity index (χ1v) is 9.99. The average molecular weight is 353 g/mol. The molecule has 5 heteroatoms. The number of hydrogen-bond donors (Lipinski definition) is 1. The molecular weight excluding hydrogens is 330 g/mol. The fraction of sp³-hybridized carbons (Fsp3) is 0.450. The highest BCUT2D eigenvalue weighted by atomic mass is 32.1. The number of hydrogen-bond acceptors (Lipinski definition) is 4. The van der Waals surface area contributed by atoms with Gasteiger partial charge in [0.25, 0.3) is 0 Å². The van der Waals surface area contributed by atoms with Crippen molar-refractivity contribution in [3.63, 3.8) is 0 Å². The molecule has 2 fully saturated rings. The summed E-state index contributed by atoms with van der Waals surface area (Å²) >= 11 is 1.84. The predicted molar refractivity (Wildman–Crippen MR) is 101 cm³/mol. The lowest BCUT2D eigenvalue weighted by Gasteiger charge is -2.44. The smallest absolute Gasteiger partial charge is 0.0880 e. The Morgan fingerprint density at radius 1 is 1.16 bits per heavy atom. The van der Waals surface area contributed by atoms with E-state index in [1.165, 1.54) is 17.7 Å². The molecule has 0 amide bonds. The van der Waals surface area contributed by atoms with Crippen molar-refractivity contribution < 1.29 is 5.11 Å². The van der Waals surface area contributed by atoms with Crippen molar-refractivity contribution in [2.24, 2.45) is 0 Å². The topological polar surface area (TPSA) is 41.3 Å². The summed E-state index contributed by atoms with van der Waals surface area (Å²) < 4.78 is 2.18. The molecule has 5 rings (SSSR count). The highest BCUT2D eigenvalue weighted by molar-refractivity contribution is 7.09. The average Bonchev–Trinajstić information content (AvgIpc) is 3.30. The molecule has 2 unspecified atom stereocenters. The van der Waals surface area contributed by atoms with Gasteiger partial charge in [-0.15, -0.1) is 11.3 Å². The zero-order chi connectivity index (χ0) is 16.9. The van der Waals surface area contributed by atoms with Gasteiger partial charge in [-0.25, -0.2) is 0 Å². The maximum absolute atomic E-state index is 11.4. The van der Waals surface area contributed by atoms with Gasteiger partial charge in [0.2, 0.25) is 0 Å². The number of nitrogens with zero attached hydrogens (tertiary/aromatic N) is 3. The monoisotopic (exact) mass is 353 g/mol. The summed E-state index contributed by atoms with van der Waals surface area (Å²) in [7, 11) is 0. The molecule has 2 bridgehead atoms. The molecule has 0 saturated carbocycles. The number of piperidine rings is 1. The van der Waals surface area contributed by atoms with Gasteiger partial charge in [-0.05, 0) is 55.3 Å². The largest absolute Gasteiger partial charge is 0.388 e. The highest BCUT2D eigenvalue weighted by Crippen LogP contribution is 2.42. The molecule has 1 N–H and O–H groups in total. The van der Waals surface area contributed by atoms with Crippen molar-refractivity contribution >= 4 is 22.4 Å². The lowest BCUT2D eigenvalue weighted by molar-refractivity contribution is -0.0642. The number of pyridine rings is 1. The van der Waals surface area contributed by atoms with E-state index >= 15 is 0 Å². The second kappa shape index (κ2) is 5.94. The van der Waals surface area contributed by atoms with Gasteiger partial charge in [0.05, 0.1) is 23.2 Å². The van der Waals surface area contributed by atoms with Crippen molar-refractivity contribution in [3.8, 4) is 0 Å².